The Morgan fingerprint density at radius 1 is 1.64 bits per heavy atom. The quantitative estimate of drug-likeness (QED) is 0.727. The highest BCUT2D eigenvalue weighted by Gasteiger charge is 2.14. The average molecular weight is 193 g/mol. The van der Waals surface area contributed by atoms with Crippen LogP contribution >= 0.6 is 0 Å². The minimum Gasteiger partial charge on any atom is -0.317 e. The van der Waals surface area contributed by atoms with Gasteiger partial charge in [0.05, 0.1) is 12.2 Å². The molecule has 0 bridgehead atoms. The zero-order valence-electron chi connectivity index (χ0n) is 8.69. The molecule has 1 unspecified atom stereocenters. The summed E-state index contributed by atoms with van der Waals surface area (Å²) in [6.45, 7) is 3.74. The summed E-state index contributed by atoms with van der Waals surface area (Å²) in [5.74, 6) is -0.0852. The maximum absolute atomic E-state index is 11.5. The molecule has 76 valence electrons. The van der Waals surface area contributed by atoms with Crippen LogP contribution in [-0.2, 0) is 11.8 Å². The Morgan fingerprint density at radius 3 is 2.71 bits per heavy atom. The van der Waals surface area contributed by atoms with E-state index < -0.39 is 6.04 Å². The molecule has 1 atom stereocenters. The van der Waals surface area contributed by atoms with Crippen LogP contribution in [0.4, 0.5) is 0 Å². The van der Waals surface area contributed by atoms with Gasteiger partial charge < -0.3 is 5.73 Å². The summed E-state index contributed by atoms with van der Waals surface area (Å²) >= 11 is 0. The van der Waals surface area contributed by atoms with Crippen LogP contribution in [0.2, 0.25) is 0 Å². The summed E-state index contributed by atoms with van der Waals surface area (Å²) in [6, 6.07) is -0.599. The van der Waals surface area contributed by atoms with Crippen LogP contribution < -0.4 is 5.73 Å². The van der Waals surface area contributed by atoms with Crippen molar-refractivity contribution in [3.63, 3.8) is 0 Å². The Bertz CT molecular complexity index is 361. The summed E-state index contributed by atoms with van der Waals surface area (Å²) in [5, 5.41) is 3.96. The van der Waals surface area contributed by atoms with E-state index in [2.05, 4.69) is 5.10 Å². The van der Waals surface area contributed by atoms with Crippen LogP contribution in [-0.4, -0.2) is 15.6 Å². The fraction of sp³-hybridized carbons (Fsp3) is 0.400. The smallest absolute Gasteiger partial charge is 0.176 e. The lowest BCUT2D eigenvalue weighted by Gasteiger charge is -2.04. The number of aryl methyl sites for hydroxylation is 1. The van der Waals surface area contributed by atoms with Gasteiger partial charge in [0.25, 0.3) is 0 Å². The van der Waals surface area contributed by atoms with Crippen molar-refractivity contribution in [1.82, 2.24) is 9.78 Å². The molecule has 1 rings (SSSR count). The van der Waals surface area contributed by atoms with Gasteiger partial charge in [-0.05, 0) is 19.9 Å². The van der Waals surface area contributed by atoms with Crippen molar-refractivity contribution in [2.24, 2.45) is 12.8 Å². The molecular weight excluding hydrogens is 178 g/mol. The van der Waals surface area contributed by atoms with Crippen LogP contribution in [0.5, 0.6) is 0 Å². The molecule has 0 aliphatic heterocycles. The molecule has 14 heavy (non-hydrogen) atoms. The maximum atomic E-state index is 11.5. The third-order valence-electron chi connectivity index (χ3n) is 1.82. The number of hydrogen-bond donors (Lipinski definition) is 1. The summed E-state index contributed by atoms with van der Waals surface area (Å²) in [7, 11) is 1.79. The number of nitrogens with two attached hydrogens (primary N) is 1. The minimum atomic E-state index is -0.599. The first kappa shape index (κ1) is 10.7. The lowest BCUT2D eigenvalue weighted by molar-refractivity contribution is -0.115. The van der Waals surface area contributed by atoms with Gasteiger partial charge in [-0.15, -0.1) is 0 Å². The third-order valence-corrected chi connectivity index (χ3v) is 1.82. The van der Waals surface area contributed by atoms with Gasteiger partial charge in [-0.25, -0.2) is 0 Å². The number of aromatic nitrogens is 2. The molecule has 4 heteroatoms. The first-order valence-corrected chi connectivity index (χ1v) is 4.43. The summed E-state index contributed by atoms with van der Waals surface area (Å²) in [6.07, 6.45) is 4.92. The summed E-state index contributed by atoms with van der Waals surface area (Å²) < 4.78 is 1.63. The van der Waals surface area contributed by atoms with E-state index in [1.54, 1.807) is 30.2 Å². The fourth-order valence-corrected chi connectivity index (χ4v) is 1.14. The van der Waals surface area contributed by atoms with Gasteiger partial charge in [0.1, 0.15) is 0 Å². The zero-order chi connectivity index (χ0) is 10.7. The van der Waals surface area contributed by atoms with E-state index in [0.717, 1.165) is 11.1 Å². The van der Waals surface area contributed by atoms with E-state index in [9.17, 15) is 4.79 Å². The molecule has 2 N–H and O–H groups in total. The molecule has 0 radical (unpaired) electrons. The second kappa shape index (κ2) is 4.19. The Hall–Kier alpha value is -1.42. The molecule has 0 aliphatic rings. The molecule has 4 nitrogen and oxygen atoms in total. The number of carbonyl (C=O) groups excluding carboxylic acids is 1. The van der Waals surface area contributed by atoms with Gasteiger partial charge >= 0.3 is 0 Å². The number of nitrogens with zero attached hydrogens (tertiary/aromatic N) is 2. The SMILES string of the molecule is CC(C)=CC(=O)C(N)c1cnn(C)c1. The Labute approximate surface area is 83.4 Å². The largest absolute Gasteiger partial charge is 0.317 e. The first-order chi connectivity index (χ1) is 6.50. The van der Waals surface area contributed by atoms with Gasteiger partial charge in [-0.2, -0.15) is 5.10 Å². The molecule has 0 saturated carbocycles. The fourth-order valence-electron chi connectivity index (χ4n) is 1.14. The summed E-state index contributed by atoms with van der Waals surface area (Å²) in [5.41, 5.74) is 7.45. The molecule has 0 saturated heterocycles. The van der Waals surface area contributed by atoms with E-state index >= 15 is 0 Å². The average Bonchev–Trinajstić information content (AvgIpc) is 2.49. The minimum absolute atomic E-state index is 0.0852. The van der Waals surface area contributed by atoms with Crippen molar-refractivity contribution in [1.29, 1.82) is 0 Å². The molecule has 1 aromatic rings. The summed E-state index contributed by atoms with van der Waals surface area (Å²) in [4.78, 5) is 11.5. The molecular formula is C10H15N3O. The van der Waals surface area contributed by atoms with Crippen molar-refractivity contribution in [3.8, 4) is 0 Å². The van der Waals surface area contributed by atoms with Crippen LogP contribution in [0, 0.1) is 0 Å². The topological polar surface area (TPSA) is 60.9 Å². The molecule has 1 heterocycles. The molecule has 1 aromatic heterocycles. The van der Waals surface area contributed by atoms with Crippen LogP contribution in [0.1, 0.15) is 25.5 Å². The van der Waals surface area contributed by atoms with Gasteiger partial charge in [-0.1, -0.05) is 5.57 Å². The van der Waals surface area contributed by atoms with Gasteiger partial charge in [0.2, 0.25) is 0 Å². The highest BCUT2D eigenvalue weighted by Crippen LogP contribution is 2.10. The Balaban J connectivity index is 2.80. The van der Waals surface area contributed by atoms with Crippen LogP contribution in [0.15, 0.2) is 24.0 Å². The van der Waals surface area contributed by atoms with Crippen molar-refractivity contribution in [2.45, 2.75) is 19.9 Å². The van der Waals surface area contributed by atoms with Crippen molar-refractivity contribution >= 4 is 5.78 Å². The third kappa shape index (κ3) is 2.53. The predicted molar refractivity (Wildman–Crippen MR) is 54.6 cm³/mol. The van der Waals surface area contributed by atoms with E-state index in [-0.39, 0.29) is 5.78 Å². The molecule has 0 amide bonds. The highest BCUT2D eigenvalue weighted by atomic mass is 16.1. The standard InChI is InChI=1S/C10H15N3O/c1-7(2)4-9(14)10(11)8-5-12-13(3)6-8/h4-6,10H,11H2,1-3H3. The van der Waals surface area contributed by atoms with Crippen LogP contribution in [0.3, 0.4) is 0 Å². The Kier molecular flexibility index (Phi) is 3.19. The van der Waals surface area contributed by atoms with Crippen molar-refractivity contribution < 1.29 is 4.79 Å². The Morgan fingerprint density at radius 2 is 2.29 bits per heavy atom. The molecule has 0 spiro atoms. The predicted octanol–water partition coefficient (Wildman–Crippen LogP) is 0.955. The molecule has 0 aromatic carbocycles. The van der Waals surface area contributed by atoms with E-state index in [4.69, 9.17) is 5.73 Å². The maximum Gasteiger partial charge on any atom is 0.176 e. The number of ketones is 1. The van der Waals surface area contributed by atoms with Crippen molar-refractivity contribution in [3.05, 3.63) is 29.6 Å². The number of rotatable bonds is 3. The number of allylic oxidation sites excluding steroid dienone is 1. The molecule has 0 aliphatic carbocycles. The zero-order valence-corrected chi connectivity index (χ0v) is 8.69. The van der Waals surface area contributed by atoms with Gasteiger partial charge in [0.15, 0.2) is 5.78 Å². The first-order valence-electron chi connectivity index (χ1n) is 4.43. The van der Waals surface area contributed by atoms with Gasteiger partial charge in [0, 0.05) is 18.8 Å². The second-order valence-electron chi connectivity index (χ2n) is 3.55. The van der Waals surface area contributed by atoms with E-state index in [0.29, 0.717) is 0 Å². The number of hydrogen-bond acceptors (Lipinski definition) is 3. The monoisotopic (exact) mass is 193 g/mol. The van der Waals surface area contributed by atoms with Gasteiger partial charge in [-0.3, -0.25) is 9.48 Å². The van der Waals surface area contributed by atoms with Crippen molar-refractivity contribution in [2.75, 3.05) is 0 Å². The highest BCUT2D eigenvalue weighted by molar-refractivity contribution is 5.95. The van der Waals surface area contributed by atoms with Crippen LogP contribution in [0.25, 0.3) is 0 Å². The lowest BCUT2D eigenvalue weighted by Crippen LogP contribution is -2.19. The molecule has 0 fully saturated rings. The normalized spacial score (nSPS) is 12.3. The lowest BCUT2D eigenvalue weighted by atomic mass is 10.1. The van der Waals surface area contributed by atoms with E-state index in [1.165, 1.54) is 0 Å². The number of carbonyl (C=O) groups is 1. The van der Waals surface area contributed by atoms with E-state index in [1.807, 2.05) is 13.8 Å². The second-order valence-corrected chi connectivity index (χ2v) is 3.55.